The number of halogens is 2. The molecule has 1 unspecified atom stereocenters. The third-order valence-electron chi connectivity index (χ3n) is 2.75. The number of amides is 1. The molecular weight excluding hydrogens is 244 g/mol. The van der Waals surface area contributed by atoms with Gasteiger partial charge in [-0.1, -0.05) is 6.92 Å². The fourth-order valence-corrected chi connectivity index (χ4v) is 1.25. The van der Waals surface area contributed by atoms with Crippen LogP contribution in [0.1, 0.15) is 30.6 Å². The van der Waals surface area contributed by atoms with E-state index in [2.05, 4.69) is 5.32 Å². The van der Waals surface area contributed by atoms with E-state index in [9.17, 15) is 18.4 Å². The van der Waals surface area contributed by atoms with Crippen molar-refractivity contribution < 1.29 is 23.5 Å². The fraction of sp³-hybridized carbons (Fsp3) is 0.333. The summed E-state index contributed by atoms with van der Waals surface area (Å²) in [6, 6.07) is 2.63. The van der Waals surface area contributed by atoms with E-state index in [4.69, 9.17) is 5.11 Å². The van der Waals surface area contributed by atoms with Crippen molar-refractivity contribution in [2.24, 2.45) is 0 Å². The molecule has 1 aromatic carbocycles. The Bertz CT molecular complexity index is 490. The summed E-state index contributed by atoms with van der Waals surface area (Å²) in [7, 11) is 0. The van der Waals surface area contributed by atoms with Gasteiger partial charge in [0.05, 0.1) is 0 Å². The van der Waals surface area contributed by atoms with Gasteiger partial charge in [0.15, 0.2) is 11.6 Å². The smallest absolute Gasteiger partial charge is 0.329 e. The Morgan fingerprint density at radius 2 is 1.94 bits per heavy atom. The lowest BCUT2D eigenvalue weighted by Crippen LogP contribution is -2.51. The monoisotopic (exact) mass is 257 g/mol. The number of hydrogen-bond acceptors (Lipinski definition) is 2. The predicted octanol–water partition coefficient (Wildman–Crippen LogP) is 1.95. The lowest BCUT2D eigenvalue weighted by molar-refractivity contribution is -0.143. The summed E-state index contributed by atoms with van der Waals surface area (Å²) in [6.07, 6.45) is 0.164. The summed E-state index contributed by atoms with van der Waals surface area (Å²) in [5, 5.41) is 11.3. The maximum absolute atomic E-state index is 12.9. The first kappa shape index (κ1) is 14.1. The number of aliphatic carboxylic acids is 1. The van der Waals surface area contributed by atoms with Gasteiger partial charge in [-0.05, 0) is 31.5 Å². The standard InChI is InChI=1S/C12H13F2NO3/c1-3-12(2,11(17)18)15-10(16)7-4-5-8(13)9(14)6-7/h4-6H,3H2,1-2H3,(H,15,16)(H,17,18). The Morgan fingerprint density at radius 1 is 1.33 bits per heavy atom. The van der Waals surface area contributed by atoms with Crippen molar-refractivity contribution >= 4 is 11.9 Å². The molecule has 2 N–H and O–H groups in total. The van der Waals surface area contributed by atoms with Crippen molar-refractivity contribution in [1.29, 1.82) is 0 Å². The van der Waals surface area contributed by atoms with Crippen LogP contribution in [-0.2, 0) is 4.79 Å². The minimum Gasteiger partial charge on any atom is -0.480 e. The molecule has 18 heavy (non-hydrogen) atoms. The molecule has 0 saturated heterocycles. The zero-order valence-electron chi connectivity index (χ0n) is 9.96. The van der Waals surface area contributed by atoms with Crippen LogP contribution >= 0.6 is 0 Å². The highest BCUT2D eigenvalue weighted by atomic mass is 19.2. The molecule has 0 aliphatic carbocycles. The number of carboxylic acid groups (broad SMARTS) is 1. The van der Waals surface area contributed by atoms with Gasteiger partial charge in [0.25, 0.3) is 5.91 Å². The van der Waals surface area contributed by atoms with Gasteiger partial charge in [-0.25, -0.2) is 13.6 Å². The van der Waals surface area contributed by atoms with Crippen LogP contribution in [0.3, 0.4) is 0 Å². The molecule has 0 aromatic heterocycles. The highest BCUT2D eigenvalue weighted by Crippen LogP contribution is 2.13. The van der Waals surface area contributed by atoms with Crippen LogP contribution in [0.25, 0.3) is 0 Å². The van der Waals surface area contributed by atoms with Gasteiger partial charge in [0.1, 0.15) is 5.54 Å². The molecule has 98 valence electrons. The molecule has 0 aliphatic heterocycles. The number of nitrogens with one attached hydrogen (secondary N) is 1. The van der Waals surface area contributed by atoms with E-state index in [1.165, 1.54) is 6.92 Å². The van der Waals surface area contributed by atoms with Crippen LogP contribution in [0.15, 0.2) is 18.2 Å². The van der Waals surface area contributed by atoms with Crippen molar-refractivity contribution in [3.8, 4) is 0 Å². The SMILES string of the molecule is CCC(C)(NC(=O)c1ccc(F)c(F)c1)C(=O)O. The van der Waals surface area contributed by atoms with E-state index in [1.54, 1.807) is 6.92 Å². The van der Waals surface area contributed by atoms with Gasteiger partial charge in [0.2, 0.25) is 0 Å². The van der Waals surface area contributed by atoms with Crippen molar-refractivity contribution in [2.45, 2.75) is 25.8 Å². The highest BCUT2D eigenvalue weighted by Gasteiger charge is 2.33. The predicted molar refractivity (Wildman–Crippen MR) is 60.2 cm³/mol. The summed E-state index contributed by atoms with van der Waals surface area (Å²) >= 11 is 0. The quantitative estimate of drug-likeness (QED) is 0.866. The van der Waals surface area contributed by atoms with Crippen LogP contribution in [0, 0.1) is 11.6 Å². The molecule has 1 amide bonds. The summed E-state index contributed by atoms with van der Waals surface area (Å²) in [6.45, 7) is 2.94. The molecule has 1 atom stereocenters. The van der Waals surface area contributed by atoms with Gasteiger partial charge in [-0.2, -0.15) is 0 Å². The van der Waals surface area contributed by atoms with Gasteiger partial charge in [0, 0.05) is 5.56 Å². The largest absolute Gasteiger partial charge is 0.480 e. The number of carboxylic acids is 1. The molecule has 1 aromatic rings. The Labute approximate surface area is 103 Å². The Morgan fingerprint density at radius 3 is 2.39 bits per heavy atom. The lowest BCUT2D eigenvalue weighted by atomic mass is 9.98. The molecule has 0 spiro atoms. The maximum Gasteiger partial charge on any atom is 0.329 e. The minimum atomic E-state index is -1.44. The molecule has 6 heteroatoms. The minimum absolute atomic E-state index is 0.130. The van der Waals surface area contributed by atoms with Gasteiger partial charge in [-0.15, -0.1) is 0 Å². The molecule has 0 radical (unpaired) electrons. The van der Waals surface area contributed by atoms with E-state index in [1.807, 2.05) is 0 Å². The molecule has 4 nitrogen and oxygen atoms in total. The van der Waals surface area contributed by atoms with Gasteiger partial charge < -0.3 is 10.4 Å². The van der Waals surface area contributed by atoms with Gasteiger partial charge in [-0.3, -0.25) is 4.79 Å². The van der Waals surface area contributed by atoms with Crippen LogP contribution in [0.4, 0.5) is 8.78 Å². The van der Waals surface area contributed by atoms with Gasteiger partial charge >= 0.3 is 5.97 Å². The van der Waals surface area contributed by atoms with Crippen LogP contribution < -0.4 is 5.32 Å². The van der Waals surface area contributed by atoms with Crippen LogP contribution in [-0.4, -0.2) is 22.5 Å². The first-order valence-corrected chi connectivity index (χ1v) is 5.31. The van der Waals surface area contributed by atoms with E-state index in [0.29, 0.717) is 0 Å². The maximum atomic E-state index is 12.9. The zero-order chi connectivity index (χ0) is 13.9. The van der Waals surface area contributed by atoms with E-state index in [0.717, 1.165) is 18.2 Å². The first-order chi connectivity index (χ1) is 8.30. The average Bonchev–Trinajstić information content (AvgIpc) is 2.32. The number of hydrogen-bond donors (Lipinski definition) is 2. The number of carbonyl (C=O) groups excluding carboxylic acids is 1. The number of benzene rings is 1. The molecule has 0 fully saturated rings. The lowest BCUT2D eigenvalue weighted by Gasteiger charge is -2.24. The van der Waals surface area contributed by atoms with E-state index in [-0.39, 0.29) is 12.0 Å². The number of carbonyl (C=O) groups is 2. The molecule has 0 aliphatic rings. The Balaban J connectivity index is 2.95. The molecular formula is C12H13F2NO3. The Hall–Kier alpha value is -1.98. The zero-order valence-corrected chi connectivity index (χ0v) is 9.96. The van der Waals surface area contributed by atoms with Crippen molar-refractivity contribution in [3.63, 3.8) is 0 Å². The molecule has 0 bridgehead atoms. The third-order valence-corrected chi connectivity index (χ3v) is 2.75. The van der Waals surface area contributed by atoms with E-state index >= 15 is 0 Å². The third kappa shape index (κ3) is 2.82. The molecule has 0 heterocycles. The van der Waals surface area contributed by atoms with E-state index < -0.39 is 29.0 Å². The molecule has 1 rings (SSSR count). The molecule has 0 saturated carbocycles. The van der Waals surface area contributed by atoms with Crippen molar-refractivity contribution in [2.75, 3.05) is 0 Å². The fourth-order valence-electron chi connectivity index (χ4n) is 1.25. The second-order valence-corrected chi connectivity index (χ2v) is 4.07. The van der Waals surface area contributed by atoms with Crippen LogP contribution in [0.5, 0.6) is 0 Å². The topological polar surface area (TPSA) is 66.4 Å². The second kappa shape index (κ2) is 5.12. The van der Waals surface area contributed by atoms with Crippen LogP contribution in [0.2, 0.25) is 0 Å². The normalized spacial score (nSPS) is 13.8. The summed E-state index contributed by atoms with van der Waals surface area (Å²) < 4.78 is 25.6. The highest BCUT2D eigenvalue weighted by molar-refractivity contribution is 5.97. The number of rotatable bonds is 4. The van der Waals surface area contributed by atoms with Crippen molar-refractivity contribution in [3.05, 3.63) is 35.4 Å². The Kier molecular flexibility index (Phi) is 4.00. The second-order valence-electron chi connectivity index (χ2n) is 4.07. The van der Waals surface area contributed by atoms with Crippen molar-refractivity contribution in [1.82, 2.24) is 5.32 Å². The summed E-state index contributed by atoms with van der Waals surface area (Å²) in [5.41, 5.74) is -1.57. The average molecular weight is 257 g/mol. The summed E-state index contributed by atoms with van der Waals surface area (Å²) in [5.74, 6) is -4.18. The summed E-state index contributed by atoms with van der Waals surface area (Å²) in [4.78, 5) is 22.7. The first-order valence-electron chi connectivity index (χ1n) is 5.31.